The number of imidazole rings is 1. The summed E-state index contributed by atoms with van der Waals surface area (Å²) in [6.07, 6.45) is 0. The first-order valence-electron chi connectivity index (χ1n) is 4.98. The van der Waals surface area contributed by atoms with Crippen LogP contribution < -0.4 is 16.3 Å². The van der Waals surface area contributed by atoms with Crippen molar-refractivity contribution in [2.75, 3.05) is 18.7 Å². The van der Waals surface area contributed by atoms with Gasteiger partial charge in [0.1, 0.15) is 17.3 Å². The van der Waals surface area contributed by atoms with Gasteiger partial charge in [0.15, 0.2) is 5.82 Å². The molecule has 1 aromatic carbocycles. The van der Waals surface area contributed by atoms with E-state index in [0.29, 0.717) is 17.3 Å². The van der Waals surface area contributed by atoms with Gasteiger partial charge in [-0.25, -0.2) is 9.66 Å². The van der Waals surface area contributed by atoms with Gasteiger partial charge >= 0.3 is 0 Å². The summed E-state index contributed by atoms with van der Waals surface area (Å²) < 4.78 is 7.43. The topological polar surface area (TPSA) is 79.1 Å². The maximum Gasteiger partial charge on any atom is 0.150 e. The molecule has 2 aromatic rings. The number of rotatable bonds is 2. The molecule has 0 fully saturated rings. The molecule has 6 heteroatoms. The van der Waals surface area contributed by atoms with Crippen LogP contribution >= 0.6 is 15.9 Å². The lowest BCUT2D eigenvalue weighted by Gasteiger charge is -2.06. The Morgan fingerprint density at radius 1 is 1.41 bits per heavy atom. The number of methoxy groups -OCH3 is 1. The maximum atomic E-state index is 5.91. The SMILES string of the molecule is COc1ccc(Br)c(-c2nc(C)n(N)c2N)c1. The second kappa shape index (κ2) is 4.29. The lowest BCUT2D eigenvalue weighted by Crippen LogP contribution is -2.13. The Kier molecular flexibility index (Phi) is 2.97. The van der Waals surface area contributed by atoms with E-state index >= 15 is 0 Å². The highest BCUT2D eigenvalue weighted by molar-refractivity contribution is 9.10. The monoisotopic (exact) mass is 296 g/mol. The highest BCUT2D eigenvalue weighted by Gasteiger charge is 2.15. The fraction of sp³-hybridized carbons (Fsp3) is 0.182. The van der Waals surface area contributed by atoms with Crippen molar-refractivity contribution in [3.63, 3.8) is 0 Å². The summed E-state index contributed by atoms with van der Waals surface area (Å²) in [5.41, 5.74) is 7.41. The minimum absolute atomic E-state index is 0.427. The lowest BCUT2D eigenvalue weighted by molar-refractivity contribution is 0.415. The van der Waals surface area contributed by atoms with Gasteiger partial charge in [0.2, 0.25) is 0 Å². The number of hydrogen-bond donors (Lipinski definition) is 2. The minimum Gasteiger partial charge on any atom is -0.497 e. The van der Waals surface area contributed by atoms with Gasteiger partial charge in [-0.1, -0.05) is 15.9 Å². The number of ether oxygens (including phenoxy) is 1. The molecule has 1 heterocycles. The molecule has 0 aliphatic carbocycles. The van der Waals surface area contributed by atoms with Crippen LogP contribution in [-0.2, 0) is 0 Å². The number of nitrogen functional groups attached to an aromatic ring is 2. The molecule has 17 heavy (non-hydrogen) atoms. The largest absolute Gasteiger partial charge is 0.497 e. The van der Waals surface area contributed by atoms with Gasteiger partial charge in [0, 0.05) is 10.0 Å². The van der Waals surface area contributed by atoms with Gasteiger partial charge in [-0.05, 0) is 25.1 Å². The van der Waals surface area contributed by atoms with Crippen molar-refractivity contribution in [3.05, 3.63) is 28.5 Å². The number of nitrogens with zero attached hydrogens (tertiary/aromatic N) is 2. The van der Waals surface area contributed by atoms with Crippen molar-refractivity contribution in [1.29, 1.82) is 0 Å². The molecule has 90 valence electrons. The average molecular weight is 297 g/mol. The fourth-order valence-corrected chi connectivity index (χ4v) is 2.01. The number of anilines is 1. The summed E-state index contributed by atoms with van der Waals surface area (Å²) in [5, 5.41) is 0. The van der Waals surface area contributed by atoms with E-state index in [4.69, 9.17) is 16.3 Å². The third kappa shape index (κ3) is 1.95. The molecule has 4 N–H and O–H groups in total. The first kappa shape index (κ1) is 11.8. The molecule has 0 aliphatic heterocycles. The summed E-state index contributed by atoms with van der Waals surface area (Å²) >= 11 is 3.46. The molecule has 0 saturated carbocycles. The molecule has 0 atom stereocenters. The molecular weight excluding hydrogens is 284 g/mol. The van der Waals surface area contributed by atoms with Crippen molar-refractivity contribution in [1.82, 2.24) is 9.66 Å². The van der Waals surface area contributed by atoms with E-state index in [1.54, 1.807) is 14.0 Å². The average Bonchev–Trinajstić information content (AvgIpc) is 2.58. The zero-order valence-corrected chi connectivity index (χ0v) is 11.2. The quantitative estimate of drug-likeness (QED) is 0.830. The summed E-state index contributed by atoms with van der Waals surface area (Å²) in [6, 6.07) is 5.61. The minimum atomic E-state index is 0.427. The molecule has 0 aliphatic rings. The zero-order chi connectivity index (χ0) is 12.6. The summed E-state index contributed by atoms with van der Waals surface area (Å²) in [6.45, 7) is 1.80. The van der Waals surface area contributed by atoms with Gasteiger partial charge in [-0.2, -0.15) is 0 Å². The van der Waals surface area contributed by atoms with Crippen molar-refractivity contribution in [3.8, 4) is 17.0 Å². The van der Waals surface area contributed by atoms with E-state index in [1.165, 1.54) is 4.68 Å². The molecule has 2 rings (SSSR count). The maximum absolute atomic E-state index is 5.91. The van der Waals surface area contributed by atoms with E-state index in [1.807, 2.05) is 18.2 Å². The van der Waals surface area contributed by atoms with Gasteiger partial charge < -0.3 is 16.3 Å². The highest BCUT2D eigenvalue weighted by atomic mass is 79.9. The molecular formula is C11H13BrN4O. The number of benzene rings is 1. The Morgan fingerprint density at radius 2 is 2.12 bits per heavy atom. The van der Waals surface area contributed by atoms with Crippen LogP contribution in [-0.4, -0.2) is 16.8 Å². The van der Waals surface area contributed by atoms with E-state index < -0.39 is 0 Å². The normalized spacial score (nSPS) is 10.5. The molecule has 0 spiro atoms. The molecule has 0 bridgehead atoms. The fourth-order valence-electron chi connectivity index (χ4n) is 1.57. The molecule has 1 aromatic heterocycles. The number of halogens is 1. The smallest absolute Gasteiger partial charge is 0.150 e. The molecule has 5 nitrogen and oxygen atoms in total. The van der Waals surface area contributed by atoms with Gasteiger partial charge in [0.05, 0.1) is 7.11 Å². The van der Waals surface area contributed by atoms with E-state index in [2.05, 4.69) is 20.9 Å². The van der Waals surface area contributed by atoms with Gasteiger partial charge in [-0.3, -0.25) is 0 Å². The Morgan fingerprint density at radius 3 is 2.65 bits per heavy atom. The van der Waals surface area contributed by atoms with Crippen LogP contribution in [0.3, 0.4) is 0 Å². The van der Waals surface area contributed by atoms with Crippen LogP contribution in [0.2, 0.25) is 0 Å². The molecule has 0 saturated heterocycles. The van der Waals surface area contributed by atoms with Crippen molar-refractivity contribution in [2.24, 2.45) is 0 Å². The summed E-state index contributed by atoms with van der Waals surface area (Å²) in [5.74, 6) is 7.57. The number of aromatic nitrogens is 2. The summed E-state index contributed by atoms with van der Waals surface area (Å²) in [4.78, 5) is 4.34. The van der Waals surface area contributed by atoms with Crippen LogP contribution in [0.25, 0.3) is 11.3 Å². The zero-order valence-electron chi connectivity index (χ0n) is 9.57. The Labute approximate surface area is 107 Å². The standard InChI is InChI=1S/C11H13BrN4O/c1-6-15-10(11(13)16(6)14)8-5-7(17-2)3-4-9(8)12/h3-5H,13-14H2,1-2H3. The Hall–Kier alpha value is -1.69. The van der Waals surface area contributed by atoms with Crippen molar-refractivity contribution < 1.29 is 4.74 Å². The predicted molar refractivity (Wildman–Crippen MR) is 71.2 cm³/mol. The van der Waals surface area contributed by atoms with Crippen molar-refractivity contribution in [2.45, 2.75) is 6.92 Å². The predicted octanol–water partition coefficient (Wildman–Crippen LogP) is 1.93. The van der Waals surface area contributed by atoms with Crippen LogP contribution in [0, 0.1) is 6.92 Å². The van der Waals surface area contributed by atoms with Gasteiger partial charge in [0.25, 0.3) is 0 Å². The second-order valence-electron chi connectivity index (χ2n) is 3.61. The Bertz CT molecular complexity index is 565. The third-order valence-corrected chi connectivity index (χ3v) is 3.24. The van der Waals surface area contributed by atoms with Crippen LogP contribution in [0.1, 0.15) is 5.82 Å². The first-order chi connectivity index (χ1) is 8.04. The van der Waals surface area contributed by atoms with E-state index in [-0.39, 0.29) is 0 Å². The van der Waals surface area contributed by atoms with Gasteiger partial charge in [-0.15, -0.1) is 0 Å². The highest BCUT2D eigenvalue weighted by Crippen LogP contribution is 2.34. The van der Waals surface area contributed by atoms with Crippen LogP contribution in [0.5, 0.6) is 5.75 Å². The van der Waals surface area contributed by atoms with Crippen LogP contribution in [0.15, 0.2) is 22.7 Å². The molecule has 0 unspecified atom stereocenters. The van der Waals surface area contributed by atoms with E-state index in [0.717, 1.165) is 15.8 Å². The Balaban J connectivity index is 2.63. The van der Waals surface area contributed by atoms with E-state index in [9.17, 15) is 0 Å². The molecule has 0 radical (unpaired) electrons. The lowest BCUT2D eigenvalue weighted by atomic mass is 10.1. The van der Waals surface area contributed by atoms with Crippen molar-refractivity contribution >= 4 is 21.7 Å². The number of aryl methyl sites for hydroxylation is 1. The second-order valence-corrected chi connectivity index (χ2v) is 4.46. The molecule has 0 amide bonds. The number of hydrogen-bond acceptors (Lipinski definition) is 4. The summed E-state index contributed by atoms with van der Waals surface area (Å²) in [7, 11) is 1.61. The third-order valence-electron chi connectivity index (χ3n) is 2.55. The number of nitrogens with two attached hydrogens (primary N) is 2. The van der Waals surface area contributed by atoms with Crippen LogP contribution in [0.4, 0.5) is 5.82 Å². The first-order valence-corrected chi connectivity index (χ1v) is 5.77.